The molecule has 1 unspecified atom stereocenters. The number of rotatable bonds is 5. The Balaban J connectivity index is 1.41. The summed E-state index contributed by atoms with van der Waals surface area (Å²) in [6.45, 7) is 4.35. The molecule has 3 heterocycles. The average Bonchev–Trinajstić information content (AvgIpc) is 3.00. The van der Waals surface area contributed by atoms with E-state index in [9.17, 15) is 13.2 Å². The second kappa shape index (κ2) is 7.70. The molecule has 0 saturated carbocycles. The van der Waals surface area contributed by atoms with Gasteiger partial charge < -0.3 is 9.80 Å². The third-order valence-corrected chi connectivity index (χ3v) is 6.89. The van der Waals surface area contributed by atoms with Gasteiger partial charge >= 0.3 is 0 Å². The van der Waals surface area contributed by atoms with Gasteiger partial charge in [-0.05, 0) is 18.6 Å². The van der Waals surface area contributed by atoms with Crippen molar-refractivity contribution in [2.75, 3.05) is 56.2 Å². The molecule has 0 N–H and O–H groups in total. The largest absolute Gasteiger partial charge is 0.354 e. The minimum atomic E-state index is -2.96. The van der Waals surface area contributed by atoms with Crippen molar-refractivity contribution >= 4 is 21.6 Å². The van der Waals surface area contributed by atoms with E-state index in [1.165, 1.54) is 0 Å². The van der Waals surface area contributed by atoms with Crippen molar-refractivity contribution in [2.45, 2.75) is 18.9 Å². The summed E-state index contributed by atoms with van der Waals surface area (Å²) >= 11 is 0. The highest BCUT2D eigenvalue weighted by Crippen LogP contribution is 2.17. The molecule has 1 aromatic rings. The fourth-order valence-corrected chi connectivity index (χ4v) is 5.23. The number of sulfone groups is 1. The van der Waals surface area contributed by atoms with Gasteiger partial charge in [-0.3, -0.25) is 9.69 Å². The molecule has 0 bridgehead atoms. The number of aromatic nitrogens is 1. The topological polar surface area (TPSA) is 73.8 Å². The van der Waals surface area contributed by atoms with Crippen LogP contribution in [-0.2, 0) is 14.6 Å². The maximum Gasteiger partial charge on any atom is 0.223 e. The maximum absolute atomic E-state index is 12.4. The summed E-state index contributed by atoms with van der Waals surface area (Å²) in [6.07, 6.45) is 2.81. The van der Waals surface area contributed by atoms with Crippen LogP contribution in [0.4, 0.5) is 5.82 Å². The highest BCUT2D eigenvalue weighted by molar-refractivity contribution is 7.91. The normalized spacial score (nSPS) is 23.6. The molecule has 7 nitrogen and oxygen atoms in total. The molecule has 8 heteroatoms. The van der Waals surface area contributed by atoms with Gasteiger partial charge in [0.15, 0.2) is 9.84 Å². The van der Waals surface area contributed by atoms with Crippen molar-refractivity contribution in [1.82, 2.24) is 14.8 Å². The van der Waals surface area contributed by atoms with Crippen molar-refractivity contribution < 1.29 is 13.2 Å². The zero-order valence-electron chi connectivity index (χ0n) is 14.7. The smallest absolute Gasteiger partial charge is 0.223 e. The molecule has 1 atom stereocenters. The molecule has 3 rings (SSSR count). The van der Waals surface area contributed by atoms with Crippen molar-refractivity contribution in [3.63, 3.8) is 0 Å². The first kappa shape index (κ1) is 18.1. The van der Waals surface area contributed by atoms with Crippen LogP contribution in [-0.4, -0.2) is 86.4 Å². The van der Waals surface area contributed by atoms with Crippen LogP contribution in [0.1, 0.15) is 12.8 Å². The molecule has 0 aromatic carbocycles. The number of hydrogen-bond donors (Lipinski definition) is 0. The van der Waals surface area contributed by atoms with Crippen LogP contribution in [0, 0.1) is 0 Å². The lowest BCUT2D eigenvalue weighted by Gasteiger charge is -2.35. The van der Waals surface area contributed by atoms with Gasteiger partial charge in [0, 0.05) is 58.4 Å². The number of anilines is 1. The van der Waals surface area contributed by atoms with E-state index < -0.39 is 9.84 Å². The monoisotopic (exact) mass is 366 g/mol. The quantitative estimate of drug-likeness (QED) is 0.743. The first-order valence-corrected chi connectivity index (χ1v) is 10.6. The number of carbonyl (C=O) groups is 1. The number of pyridine rings is 1. The molecule has 25 heavy (non-hydrogen) atoms. The Kier molecular flexibility index (Phi) is 5.58. The molecule has 1 aromatic heterocycles. The van der Waals surface area contributed by atoms with Crippen molar-refractivity contribution in [1.29, 1.82) is 0 Å². The van der Waals surface area contributed by atoms with E-state index in [-0.39, 0.29) is 23.5 Å². The Bertz CT molecular complexity index is 687. The zero-order valence-corrected chi connectivity index (χ0v) is 15.5. The second-order valence-electron chi connectivity index (χ2n) is 6.83. The average molecular weight is 366 g/mol. The Morgan fingerprint density at radius 3 is 2.64 bits per heavy atom. The Hall–Kier alpha value is -1.67. The molecule has 2 aliphatic heterocycles. The predicted octanol–water partition coefficient (Wildman–Crippen LogP) is 0.239. The number of amides is 1. The highest BCUT2D eigenvalue weighted by Gasteiger charge is 2.32. The van der Waals surface area contributed by atoms with Gasteiger partial charge in [-0.15, -0.1) is 0 Å². The zero-order chi connectivity index (χ0) is 17.9. The van der Waals surface area contributed by atoms with Crippen LogP contribution in [0.15, 0.2) is 24.4 Å². The lowest BCUT2D eigenvalue weighted by molar-refractivity contribution is -0.131. The van der Waals surface area contributed by atoms with Gasteiger partial charge in [-0.1, -0.05) is 6.07 Å². The van der Waals surface area contributed by atoms with Crippen LogP contribution in [0.5, 0.6) is 0 Å². The standard InChI is InChI=1S/C17H26N4O3S/c1-19(15-6-13-25(23,24)14-15)17(22)5-8-20-9-11-21(12-10-20)16-4-2-3-7-18-16/h2-4,7,15H,5-6,8-14H2,1H3. The summed E-state index contributed by atoms with van der Waals surface area (Å²) in [5, 5.41) is 0. The summed E-state index contributed by atoms with van der Waals surface area (Å²) in [5.74, 6) is 1.35. The number of piperazine rings is 1. The third-order valence-electron chi connectivity index (χ3n) is 5.14. The van der Waals surface area contributed by atoms with Gasteiger partial charge in [0.1, 0.15) is 5.82 Å². The summed E-state index contributed by atoms with van der Waals surface area (Å²) < 4.78 is 23.1. The second-order valence-corrected chi connectivity index (χ2v) is 9.06. The molecule has 0 radical (unpaired) electrons. The molecular weight excluding hydrogens is 340 g/mol. The highest BCUT2D eigenvalue weighted by atomic mass is 32.2. The number of carbonyl (C=O) groups excluding carboxylic acids is 1. The van der Waals surface area contributed by atoms with Crippen LogP contribution in [0.3, 0.4) is 0 Å². The molecule has 2 saturated heterocycles. The SMILES string of the molecule is CN(C(=O)CCN1CCN(c2ccccn2)CC1)C1CCS(=O)(=O)C1. The first-order valence-electron chi connectivity index (χ1n) is 8.79. The summed E-state index contributed by atoms with van der Waals surface area (Å²) in [4.78, 5) is 22.9. The Morgan fingerprint density at radius 2 is 2.04 bits per heavy atom. The summed E-state index contributed by atoms with van der Waals surface area (Å²) in [6, 6.07) is 5.77. The molecule has 1 amide bonds. The van der Waals surface area contributed by atoms with Gasteiger partial charge in [-0.2, -0.15) is 0 Å². The number of nitrogens with zero attached hydrogens (tertiary/aromatic N) is 4. The predicted molar refractivity (Wildman–Crippen MR) is 97.3 cm³/mol. The Morgan fingerprint density at radius 1 is 1.28 bits per heavy atom. The fourth-order valence-electron chi connectivity index (χ4n) is 3.46. The number of hydrogen-bond acceptors (Lipinski definition) is 6. The summed E-state index contributed by atoms with van der Waals surface area (Å²) in [7, 11) is -1.23. The van der Waals surface area contributed by atoms with Crippen LogP contribution < -0.4 is 4.90 Å². The van der Waals surface area contributed by atoms with E-state index in [1.807, 2.05) is 18.2 Å². The minimum absolute atomic E-state index is 0.0363. The minimum Gasteiger partial charge on any atom is -0.354 e. The van der Waals surface area contributed by atoms with E-state index in [0.717, 1.165) is 38.5 Å². The van der Waals surface area contributed by atoms with E-state index in [2.05, 4.69) is 14.8 Å². The third kappa shape index (κ3) is 4.70. The van der Waals surface area contributed by atoms with Crippen molar-refractivity contribution in [3.05, 3.63) is 24.4 Å². The van der Waals surface area contributed by atoms with E-state index in [0.29, 0.717) is 12.8 Å². The molecular formula is C17H26N4O3S. The van der Waals surface area contributed by atoms with Crippen LogP contribution in [0.25, 0.3) is 0 Å². The molecule has 2 aliphatic rings. The lowest BCUT2D eigenvalue weighted by Crippen LogP contribution is -2.48. The maximum atomic E-state index is 12.4. The Labute approximate surface area is 149 Å². The molecule has 0 spiro atoms. The van der Waals surface area contributed by atoms with Crippen molar-refractivity contribution in [3.8, 4) is 0 Å². The van der Waals surface area contributed by atoms with E-state index in [4.69, 9.17) is 0 Å². The first-order chi connectivity index (χ1) is 11.9. The van der Waals surface area contributed by atoms with Gasteiger partial charge in [0.2, 0.25) is 5.91 Å². The van der Waals surface area contributed by atoms with Gasteiger partial charge in [-0.25, -0.2) is 13.4 Å². The van der Waals surface area contributed by atoms with Crippen LogP contribution >= 0.6 is 0 Å². The van der Waals surface area contributed by atoms with Crippen molar-refractivity contribution in [2.24, 2.45) is 0 Å². The van der Waals surface area contributed by atoms with E-state index >= 15 is 0 Å². The molecule has 0 aliphatic carbocycles. The van der Waals surface area contributed by atoms with Crippen LogP contribution in [0.2, 0.25) is 0 Å². The fraction of sp³-hybridized carbons (Fsp3) is 0.647. The molecule has 138 valence electrons. The van der Waals surface area contributed by atoms with Gasteiger partial charge in [0.05, 0.1) is 11.5 Å². The van der Waals surface area contributed by atoms with E-state index in [1.54, 1.807) is 18.1 Å². The summed E-state index contributed by atoms with van der Waals surface area (Å²) in [5.41, 5.74) is 0. The molecule has 2 fully saturated rings. The van der Waals surface area contributed by atoms with Gasteiger partial charge in [0.25, 0.3) is 0 Å². The lowest BCUT2D eigenvalue weighted by atomic mass is 10.2.